The molecule has 258 valence electrons. The van der Waals surface area contributed by atoms with Gasteiger partial charge in [0.15, 0.2) is 0 Å². The topological polar surface area (TPSA) is 0 Å². The molecule has 0 bridgehead atoms. The van der Waals surface area contributed by atoms with Crippen molar-refractivity contribution in [3.8, 4) is 55.6 Å². The van der Waals surface area contributed by atoms with E-state index in [1.54, 1.807) is 0 Å². The monoisotopic (exact) mass is 698 g/mol. The second-order valence-corrected chi connectivity index (χ2v) is 15.6. The Kier molecular flexibility index (Phi) is 7.00. The van der Waals surface area contributed by atoms with Crippen LogP contribution >= 0.6 is 0 Å². The van der Waals surface area contributed by atoms with Gasteiger partial charge in [0.25, 0.3) is 0 Å². The zero-order chi connectivity index (χ0) is 36.7. The maximum atomic E-state index is 2.47. The summed E-state index contributed by atoms with van der Waals surface area (Å²) in [7, 11) is 0. The molecular weight excluding hydrogens is 661 g/mol. The van der Waals surface area contributed by atoms with E-state index in [9.17, 15) is 0 Å². The summed E-state index contributed by atoms with van der Waals surface area (Å²) in [5.41, 5.74) is 15.4. The minimum Gasteiger partial charge on any atom is -0.0622 e. The summed E-state index contributed by atoms with van der Waals surface area (Å²) in [6, 6.07) is 72.1. The Morgan fingerprint density at radius 2 is 0.836 bits per heavy atom. The van der Waals surface area contributed by atoms with Crippen molar-refractivity contribution in [2.75, 3.05) is 0 Å². The summed E-state index contributed by atoms with van der Waals surface area (Å²) in [5.74, 6) is 0. The third kappa shape index (κ3) is 4.71. The molecule has 1 aliphatic carbocycles. The average molecular weight is 699 g/mol. The van der Waals surface area contributed by atoms with Gasteiger partial charge in [0, 0.05) is 5.41 Å². The largest absolute Gasteiger partial charge is 0.0622 e. The van der Waals surface area contributed by atoms with Gasteiger partial charge < -0.3 is 0 Å². The first kappa shape index (κ1) is 31.7. The minimum absolute atomic E-state index is 0.112. The van der Waals surface area contributed by atoms with Crippen LogP contribution < -0.4 is 0 Å². The van der Waals surface area contributed by atoms with E-state index in [-0.39, 0.29) is 5.41 Å². The predicted molar refractivity (Wildman–Crippen MR) is 236 cm³/mol. The van der Waals surface area contributed by atoms with Gasteiger partial charge >= 0.3 is 0 Å². The number of rotatable bonds is 4. The molecule has 55 heavy (non-hydrogen) atoms. The van der Waals surface area contributed by atoms with Crippen LogP contribution in [-0.2, 0) is 5.41 Å². The first-order valence-electron chi connectivity index (χ1n) is 19.4. The normalized spacial score (nSPS) is 13.1. The summed E-state index contributed by atoms with van der Waals surface area (Å²) in [5, 5.41) is 10.3. The van der Waals surface area contributed by atoms with E-state index in [1.165, 1.54) is 110 Å². The summed E-state index contributed by atoms with van der Waals surface area (Å²) in [6.07, 6.45) is 0. The predicted octanol–water partition coefficient (Wildman–Crippen LogP) is 15.3. The average Bonchev–Trinajstić information content (AvgIpc) is 3.48. The lowest BCUT2D eigenvalue weighted by molar-refractivity contribution is 0.661. The molecule has 0 saturated carbocycles. The molecular formula is C55H38. The fraction of sp³-hybridized carbons (Fsp3) is 0.0545. The van der Waals surface area contributed by atoms with Gasteiger partial charge in [-0.3, -0.25) is 0 Å². The Balaban J connectivity index is 1.17. The molecule has 0 nitrogen and oxygen atoms in total. The summed E-state index contributed by atoms with van der Waals surface area (Å²) < 4.78 is 0. The Labute approximate surface area is 322 Å². The molecule has 0 heteroatoms. The standard InChI is InChI=1S/C55H38/c1-55(2)49-33-30-36-17-6-8-21-40(36)53(49)47-31-29-38(34-50(47)55)39-20-10-11-23-42(39)43-24-12-13-25-44(43)52-46-27-15-14-26-45(46)51(37-18-4-3-5-19-37)54-41-22-9-7-16-35(41)28-32-48(52)54/h3-34H,1-2H3. The Hall–Kier alpha value is -6.76. The van der Waals surface area contributed by atoms with Crippen LogP contribution in [0.4, 0.5) is 0 Å². The maximum Gasteiger partial charge on any atom is 0.0159 e. The molecule has 0 radical (unpaired) electrons. The van der Waals surface area contributed by atoms with Crippen molar-refractivity contribution >= 4 is 43.1 Å². The van der Waals surface area contributed by atoms with Gasteiger partial charge in [0.1, 0.15) is 0 Å². The third-order valence-electron chi connectivity index (χ3n) is 12.3. The molecule has 0 fully saturated rings. The van der Waals surface area contributed by atoms with Crippen LogP contribution in [0.15, 0.2) is 194 Å². The van der Waals surface area contributed by atoms with Gasteiger partial charge in [0.05, 0.1) is 0 Å². The van der Waals surface area contributed by atoms with E-state index in [0.29, 0.717) is 0 Å². The van der Waals surface area contributed by atoms with Gasteiger partial charge in [-0.15, -0.1) is 0 Å². The molecule has 10 aromatic rings. The quantitative estimate of drug-likeness (QED) is 0.127. The fourth-order valence-corrected chi connectivity index (χ4v) is 9.72. The summed E-state index contributed by atoms with van der Waals surface area (Å²) >= 11 is 0. The van der Waals surface area contributed by atoms with Crippen molar-refractivity contribution in [2.45, 2.75) is 19.3 Å². The number of fused-ring (bicyclic) bond motifs is 9. The zero-order valence-electron chi connectivity index (χ0n) is 31.0. The highest BCUT2D eigenvalue weighted by molar-refractivity contribution is 6.28. The highest BCUT2D eigenvalue weighted by Gasteiger charge is 2.36. The van der Waals surface area contributed by atoms with Gasteiger partial charge in [-0.2, -0.15) is 0 Å². The molecule has 0 N–H and O–H groups in total. The molecule has 0 saturated heterocycles. The van der Waals surface area contributed by atoms with Crippen molar-refractivity contribution in [2.24, 2.45) is 0 Å². The molecule has 0 heterocycles. The maximum absolute atomic E-state index is 2.47. The van der Waals surface area contributed by atoms with Gasteiger partial charge in [-0.1, -0.05) is 202 Å². The molecule has 0 aromatic heterocycles. The number of hydrogen-bond donors (Lipinski definition) is 0. The Bertz CT molecular complexity index is 3160. The molecule has 0 atom stereocenters. The van der Waals surface area contributed by atoms with Crippen LogP contribution in [0.5, 0.6) is 0 Å². The number of hydrogen-bond acceptors (Lipinski definition) is 0. The van der Waals surface area contributed by atoms with Crippen molar-refractivity contribution in [1.29, 1.82) is 0 Å². The van der Waals surface area contributed by atoms with Crippen molar-refractivity contribution in [1.82, 2.24) is 0 Å². The second kappa shape index (κ2) is 12.1. The smallest absolute Gasteiger partial charge is 0.0159 e. The molecule has 0 aliphatic heterocycles. The highest BCUT2D eigenvalue weighted by atomic mass is 14.4. The summed E-state index contributed by atoms with van der Waals surface area (Å²) in [6.45, 7) is 4.77. The van der Waals surface area contributed by atoms with Gasteiger partial charge in [-0.05, 0) is 116 Å². The lowest BCUT2D eigenvalue weighted by Gasteiger charge is -2.23. The highest BCUT2D eigenvalue weighted by Crippen LogP contribution is 2.53. The van der Waals surface area contributed by atoms with Crippen LogP contribution in [0.1, 0.15) is 25.0 Å². The lowest BCUT2D eigenvalue weighted by atomic mass is 9.80. The fourth-order valence-electron chi connectivity index (χ4n) is 9.72. The van der Waals surface area contributed by atoms with Crippen LogP contribution in [0.25, 0.3) is 98.7 Å². The Morgan fingerprint density at radius 1 is 0.291 bits per heavy atom. The Morgan fingerprint density at radius 3 is 1.58 bits per heavy atom. The number of benzene rings is 10. The first-order valence-corrected chi connectivity index (χ1v) is 19.4. The molecule has 1 aliphatic rings. The van der Waals surface area contributed by atoms with Crippen LogP contribution in [-0.4, -0.2) is 0 Å². The van der Waals surface area contributed by atoms with E-state index in [1.807, 2.05) is 0 Å². The second-order valence-electron chi connectivity index (χ2n) is 15.6. The van der Waals surface area contributed by atoms with E-state index < -0.39 is 0 Å². The van der Waals surface area contributed by atoms with Gasteiger partial charge in [0.2, 0.25) is 0 Å². The molecule has 11 rings (SSSR count). The summed E-state index contributed by atoms with van der Waals surface area (Å²) in [4.78, 5) is 0. The molecule has 0 unspecified atom stereocenters. The van der Waals surface area contributed by atoms with E-state index >= 15 is 0 Å². The van der Waals surface area contributed by atoms with Crippen LogP contribution in [0, 0.1) is 0 Å². The zero-order valence-corrected chi connectivity index (χ0v) is 31.0. The SMILES string of the molecule is CC1(C)c2cc(-c3ccccc3-c3ccccc3-c3c4ccccc4c(-c4ccccc4)c4c3ccc3ccccc34)ccc2-c2c1ccc1ccccc21. The van der Waals surface area contributed by atoms with Crippen LogP contribution in [0.2, 0.25) is 0 Å². The molecule has 0 spiro atoms. The van der Waals surface area contributed by atoms with Crippen molar-refractivity contribution in [3.63, 3.8) is 0 Å². The first-order chi connectivity index (χ1) is 27.1. The van der Waals surface area contributed by atoms with Gasteiger partial charge in [-0.25, -0.2) is 0 Å². The van der Waals surface area contributed by atoms with Crippen molar-refractivity contribution in [3.05, 3.63) is 205 Å². The van der Waals surface area contributed by atoms with E-state index in [0.717, 1.165) is 0 Å². The van der Waals surface area contributed by atoms with E-state index in [4.69, 9.17) is 0 Å². The van der Waals surface area contributed by atoms with Crippen molar-refractivity contribution < 1.29 is 0 Å². The van der Waals surface area contributed by atoms with E-state index in [2.05, 4.69) is 208 Å². The molecule has 10 aromatic carbocycles. The minimum atomic E-state index is -0.112. The lowest BCUT2D eigenvalue weighted by Crippen LogP contribution is -2.15. The third-order valence-corrected chi connectivity index (χ3v) is 12.3. The molecule has 0 amide bonds. The van der Waals surface area contributed by atoms with Crippen LogP contribution in [0.3, 0.4) is 0 Å².